The Bertz CT molecular complexity index is 669. The van der Waals surface area contributed by atoms with E-state index in [0.717, 1.165) is 12.1 Å². The van der Waals surface area contributed by atoms with Gasteiger partial charge in [-0.15, -0.1) is 13.2 Å². The summed E-state index contributed by atoms with van der Waals surface area (Å²) in [5.74, 6) is -1.66. The molecule has 0 atom stereocenters. The standard InChI is InChI=1S/C13H9F3N2O3/c14-13(15,16)21-8-3-1-7(2-4-8)10-6-5-9(17)11(18-10)12(19)20/h1-6H,17H2,(H,19,20). The molecule has 0 unspecified atom stereocenters. The summed E-state index contributed by atoms with van der Waals surface area (Å²) in [5, 5.41) is 8.92. The van der Waals surface area contributed by atoms with Crippen molar-refractivity contribution in [3.05, 3.63) is 42.1 Å². The second-order valence-electron chi connectivity index (χ2n) is 4.01. The molecule has 5 nitrogen and oxygen atoms in total. The third kappa shape index (κ3) is 3.62. The van der Waals surface area contributed by atoms with Crippen LogP contribution in [0.5, 0.6) is 5.75 Å². The molecule has 0 fully saturated rings. The number of carboxylic acid groups (broad SMARTS) is 1. The van der Waals surface area contributed by atoms with Crippen molar-refractivity contribution in [1.82, 2.24) is 4.98 Å². The quantitative estimate of drug-likeness (QED) is 0.910. The van der Waals surface area contributed by atoms with Crippen molar-refractivity contribution in [3.63, 3.8) is 0 Å². The van der Waals surface area contributed by atoms with E-state index in [1.54, 1.807) is 0 Å². The van der Waals surface area contributed by atoms with Gasteiger partial charge in [0.2, 0.25) is 0 Å². The lowest BCUT2D eigenvalue weighted by Gasteiger charge is -2.09. The lowest BCUT2D eigenvalue weighted by Crippen LogP contribution is -2.16. The fourth-order valence-corrected chi connectivity index (χ4v) is 1.63. The first-order valence-electron chi connectivity index (χ1n) is 5.62. The molecule has 0 aliphatic carbocycles. The van der Waals surface area contributed by atoms with E-state index in [4.69, 9.17) is 10.8 Å². The van der Waals surface area contributed by atoms with Gasteiger partial charge in [0, 0.05) is 5.56 Å². The Kier molecular flexibility index (Phi) is 3.70. The molecule has 0 amide bonds. The molecule has 1 aromatic heterocycles. The molecular formula is C13H9F3N2O3. The van der Waals surface area contributed by atoms with Crippen molar-refractivity contribution in [2.75, 3.05) is 5.73 Å². The van der Waals surface area contributed by atoms with E-state index in [2.05, 4.69) is 9.72 Å². The molecule has 0 bridgehead atoms. The summed E-state index contributed by atoms with van der Waals surface area (Å²) in [5.41, 5.74) is 5.88. The van der Waals surface area contributed by atoms with Crippen LogP contribution in [0.25, 0.3) is 11.3 Å². The van der Waals surface area contributed by atoms with Gasteiger partial charge >= 0.3 is 12.3 Å². The molecule has 1 aromatic carbocycles. The normalized spacial score (nSPS) is 11.2. The number of aromatic carboxylic acids is 1. The molecule has 2 aromatic rings. The van der Waals surface area contributed by atoms with E-state index in [9.17, 15) is 18.0 Å². The Balaban J connectivity index is 2.31. The maximum absolute atomic E-state index is 12.0. The van der Waals surface area contributed by atoms with E-state index >= 15 is 0 Å². The third-order valence-electron chi connectivity index (χ3n) is 2.51. The summed E-state index contributed by atoms with van der Waals surface area (Å²) < 4.78 is 39.9. The first-order chi connectivity index (χ1) is 9.76. The Morgan fingerprint density at radius 1 is 1.14 bits per heavy atom. The van der Waals surface area contributed by atoms with Gasteiger partial charge in [0.15, 0.2) is 5.69 Å². The highest BCUT2D eigenvalue weighted by molar-refractivity contribution is 5.92. The lowest BCUT2D eigenvalue weighted by atomic mass is 10.1. The predicted molar refractivity (Wildman–Crippen MR) is 67.7 cm³/mol. The molecule has 0 saturated heterocycles. The van der Waals surface area contributed by atoms with Gasteiger partial charge in [-0.05, 0) is 36.4 Å². The maximum atomic E-state index is 12.0. The van der Waals surface area contributed by atoms with Gasteiger partial charge in [-0.2, -0.15) is 0 Å². The summed E-state index contributed by atoms with van der Waals surface area (Å²) in [6.45, 7) is 0. The number of nitrogens with two attached hydrogens (primary N) is 1. The Hall–Kier alpha value is -2.77. The molecule has 1 heterocycles. The van der Waals surface area contributed by atoms with E-state index in [1.165, 1.54) is 24.3 Å². The number of nitrogen functional groups attached to an aromatic ring is 1. The number of aromatic nitrogens is 1. The summed E-state index contributed by atoms with van der Waals surface area (Å²) in [6, 6.07) is 7.74. The smallest absolute Gasteiger partial charge is 0.476 e. The Labute approximate surface area is 116 Å². The first-order valence-corrected chi connectivity index (χ1v) is 5.62. The molecule has 0 spiro atoms. The van der Waals surface area contributed by atoms with E-state index in [0.29, 0.717) is 5.56 Å². The van der Waals surface area contributed by atoms with Crippen molar-refractivity contribution >= 4 is 11.7 Å². The monoisotopic (exact) mass is 298 g/mol. The molecule has 0 saturated carbocycles. The molecule has 2 rings (SSSR count). The molecule has 21 heavy (non-hydrogen) atoms. The van der Waals surface area contributed by atoms with Crippen LogP contribution in [-0.2, 0) is 0 Å². The average molecular weight is 298 g/mol. The highest BCUT2D eigenvalue weighted by Crippen LogP contribution is 2.26. The van der Waals surface area contributed by atoms with Crippen molar-refractivity contribution in [3.8, 4) is 17.0 Å². The highest BCUT2D eigenvalue weighted by atomic mass is 19.4. The Morgan fingerprint density at radius 2 is 1.76 bits per heavy atom. The summed E-state index contributed by atoms with van der Waals surface area (Å²) >= 11 is 0. The molecule has 3 N–H and O–H groups in total. The second kappa shape index (κ2) is 5.31. The van der Waals surface area contributed by atoms with Crippen LogP contribution in [0.15, 0.2) is 36.4 Å². The van der Waals surface area contributed by atoms with Gasteiger partial charge in [-0.25, -0.2) is 9.78 Å². The summed E-state index contributed by atoms with van der Waals surface area (Å²) in [7, 11) is 0. The number of pyridine rings is 1. The van der Waals surface area contributed by atoms with Gasteiger partial charge in [0.25, 0.3) is 0 Å². The minimum atomic E-state index is -4.77. The number of nitrogens with zero attached hydrogens (tertiary/aromatic N) is 1. The summed E-state index contributed by atoms with van der Waals surface area (Å²) in [6.07, 6.45) is -4.77. The SMILES string of the molecule is Nc1ccc(-c2ccc(OC(F)(F)F)cc2)nc1C(=O)O. The number of carbonyl (C=O) groups is 1. The molecular weight excluding hydrogens is 289 g/mol. The highest BCUT2D eigenvalue weighted by Gasteiger charge is 2.30. The molecule has 8 heteroatoms. The maximum Gasteiger partial charge on any atom is 0.573 e. The number of anilines is 1. The number of halogens is 3. The molecule has 0 aliphatic heterocycles. The summed E-state index contributed by atoms with van der Waals surface area (Å²) in [4.78, 5) is 14.8. The van der Waals surface area contributed by atoms with E-state index < -0.39 is 12.3 Å². The van der Waals surface area contributed by atoms with Gasteiger partial charge in [-0.3, -0.25) is 0 Å². The van der Waals surface area contributed by atoms with Crippen LogP contribution in [0, 0.1) is 0 Å². The zero-order valence-electron chi connectivity index (χ0n) is 10.4. The van der Waals surface area contributed by atoms with Crippen LogP contribution < -0.4 is 10.5 Å². The molecule has 0 aliphatic rings. The zero-order chi connectivity index (χ0) is 15.6. The van der Waals surface area contributed by atoms with Gasteiger partial charge in [-0.1, -0.05) is 0 Å². The van der Waals surface area contributed by atoms with Crippen molar-refractivity contribution in [1.29, 1.82) is 0 Å². The molecule has 0 radical (unpaired) electrons. The van der Waals surface area contributed by atoms with Crippen LogP contribution in [0.1, 0.15) is 10.5 Å². The van der Waals surface area contributed by atoms with Gasteiger partial charge in [0.05, 0.1) is 11.4 Å². The Morgan fingerprint density at radius 3 is 2.29 bits per heavy atom. The van der Waals surface area contributed by atoms with Crippen molar-refractivity contribution in [2.24, 2.45) is 0 Å². The number of alkyl halides is 3. The number of hydrogen-bond acceptors (Lipinski definition) is 4. The fraction of sp³-hybridized carbons (Fsp3) is 0.0769. The van der Waals surface area contributed by atoms with Crippen LogP contribution in [-0.4, -0.2) is 22.4 Å². The van der Waals surface area contributed by atoms with Gasteiger partial charge < -0.3 is 15.6 Å². The number of carboxylic acids is 1. The van der Waals surface area contributed by atoms with Crippen molar-refractivity contribution < 1.29 is 27.8 Å². The first kappa shape index (κ1) is 14.6. The lowest BCUT2D eigenvalue weighted by molar-refractivity contribution is -0.274. The minimum Gasteiger partial charge on any atom is -0.476 e. The zero-order valence-corrected chi connectivity index (χ0v) is 10.4. The predicted octanol–water partition coefficient (Wildman–Crippen LogP) is 2.93. The van der Waals surface area contributed by atoms with Crippen LogP contribution in [0.4, 0.5) is 18.9 Å². The second-order valence-corrected chi connectivity index (χ2v) is 4.01. The topological polar surface area (TPSA) is 85.4 Å². The van der Waals surface area contributed by atoms with E-state index in [-0.39, 0.29) is 22.8 Å². The number of hydrogen-bond donors (Lipinski definition) is 2. The van der Waals surface area contributed by atoms with Crippen molar-refractivity contribution in [2.45, 2.75) is 6.36 Å². The van der Waals surface area contributed by atoms with Crippen LogP contribution in [0.2, 0.25) is 0 Å². The minimum absolute atomic E-state index is 0.00303. The third-order valence-corrected chi connectivity index (χ3v) is 2.51. The average Bonchev–Trinajstić information content (AvgIpc) is 2.38. The largest absolute Gasteiger partial charge is 0.573 e. The number of ether oxygens (including phenoxy) is 1. The van der Waals surface area contributed by atoms with Gasteiger partial charge in [0.1, 0.15) is 5.75 Å². The van der Waals surface area contributed by atoms with Crippen LogP contribution in [0.3, 0.4) is 0 Å². The molecule has 110 valence electrons. The number of benzene rings is 1. The van der Waals surface area contributed by atoms with E-state index in [1.807, 2.05) is 0 Å². The number of rotatable bonds is 3. The van der Waals surface area contributed by atoms with Crippen LogP contribution >= 0.6 is 0 Å². The fourth-order valence-electron chi connectivity index (χ4n) is 1.63.